The first-order chi connectivity index (χ1) is 14.7. The highest BCUT2D eigenvalue weighted by Crippen LogP contribution is 2.34. The normalized spacial score (nSPS) is 12.3. The van der Waals surface area contributed by atoms with E-state index in [-0.39, 0.29) is 0 Å². The first-order valence-electron chi connectivity index (χ1n) is 10.2. The summed E-state index contributed by atoms with van der Waals surface area (Å²) in [5, 5.41) is 3.26. The van der Waals surface area contributed by atoms with Gasteiger partial charge < -0.3 is 4.74 Å². The van der Waals surface area contributed by atoms with E-state index in [0.717, 1.165) is 63.7 Å². The molecule has 1 atom stereocenters. The number of fused-ring (bicyclic) bond motifs is 3. The number of unbranched alkanes of at least 4 members (excludes halogenated alkanes) is 1. The molecular formula is C25H25NO3S. The summed E-state index contributed by atoms with van der Waals surface area (Å²) in [4.78, 5) is 4.96. The van der Waals surface area contributed by atoms with E-state index in [1.54, 1.807) is 0 Å². The lowest BCUT2D eigenvalue weighted by atomic mass is 9.98. The summed E-state index contributed by atoms with van der Waals surface area (Å²) < 4.78 is 22.6. The van der Waals surface area contributed by atoms with Gasteiger partial charge in [0.2, 0.25) is 0 Å². The molecule has 1 unspecified atom stereocenters. The lowest BCUT2D eigenvalue weighted by Crippen LogP contribution is -1.98. The molecule has 5 heteroatoms. The zero-order chi connectivity index (χ0) is 20.9. The van der Waals surface area contributed by atoms with E-state index in [1.165, 1.54) is 7.11 Å². The van der Waals surface area contributed by atoms with E-state index < -0.39 is 11.1 Å². The minimum Gasteiger partial charge on any atom is -0.494 e. The molecule has 0 radical (unpaired) electrons. The summed E-state index contributed by atoms with van der Waals surface area (Å²) in [6, 6.07) is 22.4. The minimum absolute atomic E-state index is 0.363. The molecular weight excluding hydrogens is 394 g/mol. The number of para-hydroxylation sites is 1. The SMILES string of the molecule is CCCCOc1ccc(-c2nc3ccccc3c3cc(CS(=O)OC)ccc23)cc1. The van der Waals surface area contributed by atoms with E-state index >= 15 is 0 Å². The third kappa shape index (κ3) is 4.37. The number of nitrogens with zero attached hydrogens (tertiary/aromatic N) is 1. The van der Waals surface area contributed by atoms with Crippen molar-refractivity contribution in [1.82, 2.24) is 4.98 Å². The molecule has 0 aliphatic rings. The molecule has 3 aromatic carbocycles. The van der Waals surface area contributed by atoms with Crippen LogP contribution in [0.4, 0.5) is 0 Å². The number of rotatable bonds is 8. The Morgan fingerprint density at radius 3 is 2.50 bits per heavy atom. The molecule has 0 saturated heterocycles. The van der Waals surface area contributed by atoms with Gasteiger partial charge in [0, 0.05) is 16.3 Å². The van der Waals surface area contributed by atoms with E-state index in [4.69, 9.17) is 13.9 Å². The van der Waals surface area contributed by atoms with Gasteiger partial charge in [-0.3, -0.25) is 4.18 Å². The summed E-state index contributed by atoms with van der Waals surface area (Å²) in [6.07, 6.45) is 2.17. The Kier molecular flexibility index (Phi) is 6.41. The molecule has 0 N–H and O–H groups in total. The van der Waals surface area contributed by atoms with E-state index in [0.29, 0.717) is 5.75 Å². The molecule has 4 rings (SSSR count). The largest absolute Gasteiger partial charge is 0.494 e. The standard InChI is InChI=1S/C25H25NO3S/c1-3-4-15-29-20-12-10-19(11-13-20)25-22-14-9-18(17-30(27)28-2)16-23(22)21-7-5-6-8-24(21)26-25/h5-14,16H,3-4,15,17H2,1-2H3. The molecule has 1 heterocycles. The Bertz CT molecular complexity index is 1190. The Balaban J connectivity index is 1.80. The van der Waals surface area contributed by atoms with Gasteiger partial charge in [-0.2, -0.15) is 0 Å². The Morgan fingerprint density at radius 1 is 0.933 bits per heavy atom. The molecule has 4 nitrogen and oxygen atoms in total. The van der Waals surface area contributed by atoms with E-state index in [9.17, 15) is 4.21 Å². The second-order valence-electron chi connectivity index (χ2n) is 7.20. The van der Waals surface area contributed by atoms with Crippen LogP contribution in [0.3, 0.4) is 0 Å². The summed E-state index contributed by atoms with van der Waals surface area (Å²) in [6.45, 7) is 2.89. The van der Waals surface area contributed by atoms with Gasteiger partial charge in [0.1, 0.15) is 5.75 Å². The van der Waals surface area contributed by atoms with Crippen molar-refractivity contribution >= 4 is 32.8 Å². The van der Waals surface area contributed by atoms with Gasteiger partial charge in [-0.25, -0.2) is 9.19 Å². The van der Waals surface area contributed by atoms with Gasteiger partial charge in [-0.1, -0.05) is 43.7 Å². The van der Waals surface area contributed by atoms with Crippen molar-refractivity contribution < 1.29 is 13.1 Å². The van der Waals surface area contributed by atoms with Crippen molar-refractivity contribution in [2.24, 2.45) is 0 Å². The number of hydrogen-bond acceptors (Lipinski definition) is 4. The summed E-state index contributed by atoms with van der Waals surface area (Å²) in [5.41, 5.74) is 3.89. The van der Waals surface area contributed by atoms with Crippen LogP contribution in [-0.4, -0.2) is 22.9 Å². The number of pyridine rings is 1. The molecule has 0 spiro atoms. The smallest absolute Gasteiger partial charge is 0.159 e. The molecule has 1 aromatic heterocycles. The number of ether oxygens (including phenoxy) is 1. The fourth-order valence-corrected chi connectivity index (χ4v) is 4.12. The lowest BCUT2D eigenvalue weighted by Gasteiger charge is -2.12. The Labute approximate surface area is 179 Å². The molecule has 0 fully saturated rings. The topological polar surface area (TPSA) is 48.4 Å². The van der Waals surface area contributed by atoms with Crippen molar-refractivity contribution in [2.45, 2.75) is 25.5 Å². The van der Waals surface area contributed by atoms with Crippen LogP contribution in [0.25, 0.3) is 32.9 Å². The molecule has 0 aliphatic heterocycles. The molecule has 4 aromatic rings. The van der Waals surface area contributed by atoms with Gasteiger partial charge in [-0.15, -0.1) is 0 Å². The minimum atomic E-state index is -1.33. The maximum absolute atomic E-state index is 11.9. The predicted octanol–water partition coefficient (Wildman–Crippen LogP) is 6.04. The predicted molar refractivity (Wildman–Crippen MR) is 124 cm³/mol. The van der Waals surface area contributed by atoms with Gasteiger partial charge >= 0.3 is 0 Å². The van der Waals surface area contributed by atoms with Crippen molar-refractivity contribution in [3.63, 3.8) is 0 Å². The quantitative estimate of drug-likeness (QED) is 0.258. The van der Waals surface area contributed by atoms with Gasteiger partial charge in [0.25, 0.3) is 0 Å². The Hall–Kier alpha value is -2.76. The van der Waals surface area contributed by atoms with Crippen LogP contribution in [0, 0.1) is 0 Å². The van der Waals surface area contributed by atoms with E-state index in [1.807, 2.05) is 36.4 Å². The lowest BCUT2D eigenvalue weighted by molar-refractivity contribution is 0.309. The fraction of sp³-hybridized carbons (Fsp3) is 0.240. The van der Waals surface area contributed by atoms with Crippen LogP contribution < -0.4 is 4.74 Å². The third-order valence-corrected chi connectivity index (χ3v) is 6.07. The molecule has 30 heavy (non-hydrogen) atoms. The monoisotopic (exact) mass is 419 g/mol. The zero-order valence-electron chi connectivity index (χ0n) is 17.3. The first-order valence-corrected chi connectivity index (χ1v) is 11.4. The van der Waals surface area contributed by atoms with Crippen LogP contribution >= 0.6 is 0 Å². The average Bonchev–Trinajstić information content (AvgIpc) is 2.79. The third-order valence-electron chi connectivity index (χ3n) is 5.13. The number of hydrogen-bond donors (Lipinski definition) is 0. The van der Waals surface area contributed by atoms with E-state index in [2.05, 4.69) is 37.3 Å². The van der Waals surface area contributed by atoms with Crippen LogP contribution in [0.2, 0.25) is 0 Å². The number of aromatic nitrogens is 1. The van der Waals surface area contributed by atoms with Crippen molar-refractivity contribution in [3.8, 4) is 17.0 Å². The first kappa shape index (κ1) is 20.5. The highest BCUT2D eigenvalue weighted by atomic mass is 32.2. The molecule has 0 aliphatic carbocycles. The summed E-state index contributed by atoms with van der Waals surface area (Å²) in [5.74, 6) is 1.24. The molecule has 0 bridgehead atoms. The second-order valence-corrected chi connectivity index (χ2v) is 8.43. The summed E-state index contributed by atoms with van der Waals surface area (Å²) in [7, 11) is 1.46. The molecule has 0 amide bonds. The average molecular weight is 420 g/mol. The van der Waals surface area contributed by atoms with Crippen molar-refractivity contribution in [2.75, 3.05) is 13.7 Å². The van der Waals surface area contributed by atoms with Crippen molar-refractivity contribution in [3.05, 3.63) is 72.3 Å². The Morgan fingerprint density at radius 2 is 1.73 bits per heavy atom. The van der Waals surface area contributed by atoms with Crippen LogP contribution in [0.15, 0.2) is 66.7 Å². The van der Waals surface area contributed by atoms with Crippen LogP contribution in [0.1, 0.15) is 25.3 Å². The second kappa shape index (κ2) is 9.37. The maximum atomic E-state index is 11.9. The highest BCUT2D eigenvalue weighted by molar-refractivity contribution is 7.79. The number of benzene rings is 3. The van der Waals surface area contributed by atoms with Gasteiger partial charge in [0.05, 0.1) is 30.7 Å². The summed E-state index contributed by atoms with van der Waals surface area (Å²) >= 11 is -1.33. The van der Waals surface area contributed by atoms with Gasteiger partial charge in [-0.05, 0) is 53.8 Å². The molecule has 0 saturated carbocycles. The molecule has 154 valence electrons. The highest BCUT2D eigenvalue weighted by Gasteiger charge is 2.12. The van der Waals surface area contributed by atoms with Crippen LogP contribution in [-0.2, 0) is 21.0 Å². The van der Waals surface area contributed by atoms with Gasteiger partial charge in [0.15, 0.2) is 11.1 Å². The zero-order valence-corrected chi connectivity index (χ0v) is 18.1. The fourth-order valence-electron chi connectivity index (χ4n) is 3.55. The van der Waals surface area contributed by atoms with Crippen LogP contribution in [0.5, 0.6) is 5.75 Å². The van der Waals surface area contributed by atoms with Crippen molar-refractivity contribution in [1.29, 1.82) is 0 Å². The maximum Gasteiger partial charge on any atom is 0.159 e.